The normalized spacial score (nSPS) is 11.3. The van der Waals surface area contributed by atoms with E-state index in [0.29, 0.717) is 5.69 Å². The molecule has 0 unspecified atom stereocenters. The van der Waals surface area contributed by atoms with Crippen molar-refractivity contribution < 1.29 is 9.59 Å². The fraction of sp³-hybridized carbons (Fsp3) is 0.105. The van der Waals surface area contributed by atoms with Crippen molar-refractivity contribution in [3.8, 4) is 0 Å². The van der Waals surface area contributed by atoms with Crippen LogP contribution in [-0.4, -0.2) is 18.0 Å². The molecule has 0 fully saturated rings. The Kier molecular flexibility index (Phi) is 6.02. The Bertz CT molecular complexity index is 780. The molecule has 2 aromatic rings. The second-order valence-electron chi connectivity index (χ2n) is 5.32. The molecule has 0 aliphatic rings. The van der Waals surface area contributed by atoms with Crippen molar-refractivity contribution in [3.63, 3.8) is 0 Å². The van der Waals surface area contributed by atoms with Crippen molar-refractivity contribution in [3.05, 3.63) is 71.3 Å². The van der Waals surface area contributed by atoms with Crippen molar-refractivity contribution in [2.24, 2.45) is 5.10 Å². The van der Waals surface area contributed by atoms with Crippen molar-refractivity contribution >= 4 is 29.8 Å². The van der Waals surface area contributed by atoms with Crippen LogP contribution in [0.15, 0.2) is 65.3 Å². The Balaban J connectivity index is 1.88. The van der Waals surface area contributed by atoms with E-state index in [4.69, 9.17) is 0 Å². The minimum absolute atomic E-state index is 0.569. The number of hydrogen-bond acceptors (Lipinski definition) is 3. The zero-order valence-corrected chi connectivity index (χ0v) is 13.6. The molecule has 122 valence electrons. The molecule has 0 atom stereocenters. The van der Waals surface area contributed by atoms with Gasteiger partial charge >= 0.3 is 11.8 Å². The molecular formula is C19H19N3O2. The molecule has 0 radical (unpaired) electrons. The van der Waals surface area contributed by atoms with Crippen LogP contribution in [0.1, 0.15) is 18.1 Å². The highest BCUT2D eigenvalue weighted by molar-refractivity contribution is 6.39. The highest BCUT2D eigenvalue weighted by Gasteiger charge is 2.12. The van der Waals surface area contributed by atoms with Gasteiger partial charge in [-0.05, 0) is 42.7 Å². The summed E-state index contributed by atoms with van der Waals surface area (Å²) in [6.45, 7) is 3.76. The number of nitrogens with one attached hydrogen (secondary N) is 2. The van der Waals surface area contributed by atoms with Crippen molar-refractivity contribution in [2.75, 3.05) is 5.32 Å². The van der Waals surface area contributed by atoms with E-state index in [1.165, 1.54) is 6.21 Å². The van der Waals surface area contributed by atoms with Gasteiger partial charge in [-0.2, -0.15) is 5.10 Å². The largest absolute Gasteiger partial charge is 0.329 e. The third-order valence-corrected chi connectivity index (χ3v) is 3.11. The molecular weight excluding hydrogens is 302 g/mol. The Morgan fingerprint density at radius 3 is 2.46 bits per heavy atom. The highest BCUT2D eigenvalue weighted by Crippen LogP contribution is 2.09. The summed E-state index contributed by atoms with van der Waals surface area (Å²) in [4.78, 5) is 23.5. The lowest BCUT2D eigenvalue weighted by molar-refractivity contribution is -0.136. The third-order valence-electron chi connectivity index (χ3n) is 3.11. The van der Waals surface area contributed by atoms with Crippen molar-refractivity contribution in [1.29, 1.82) is 0 Å². The van der Waals surface area contributed by atoms with Crippen LogP contribution in [0.2, 0.25) is 0 Å². The smallest absolute Gasteiger partial charge is 0.318 e. The molecule has 0 aromatic heterocycles. The number of benzene rings is 2. The molecule has 0 aliphatic heterocycles. The number of amides is 2. The summed E-state index contributed by atoms with van der Waals surface area (Å²) in [5, 5.41) is 6.31. The summed E-state index contributed by atoms with van der Waals surface area (Å²) < 4.78 is 0. The van der Waals surface area contributed by atoms with Gasteiger partial charge in [-0.3, -0.25) is 9.59 Å². The molecule has 0 heterocycles. The molecule has 5 heteroatoms. The maximum absolute atomic E-state index is 11.8. The molecule has 2 aromatic carbocycles. The maximum Gasteiger partial charge on any atom is 0.329 e. The molecule has 2 amide bonds. The van der Waals surface area contributed by atoms with Gasteiger partial charge in [0.2, 0.25) is 0 Å². The van der Waals surface area contributed by atoms with Crippen LogP contribution in [0.4, 0.5) is 5.69 Å². The second kappa shape index (κ2) is 8.43. The standard InChI is InChI=1S/C19H19N3O2/c1-14-7-6-10-17(12-14)21-18(23)19(24)22-20-13-15(2)11-16-8-4-3-5-9-16/h3-13H,1-2H3,(H,21,23)(H,22,24)/b15-11-,20-13-. The minimum Gasteiger partial charge on any atom is -0.318 e. The van der Waals surface area contributed by atoms with Gasteiger partial charge in [0.25, 0.3) is 0 Å². The van der Waals surface area contributed by atoms with Gasteiger partial charge in [-0.15, -0.1) is 0 Å². The molecule has 24 heavy (non-hydrogen) atoms. The van der Waals surface area contributed by atoms with E-state index in [9.17, 15) is 9.59 Å². The second-order valence-corrected chi connectivity index (χ2v) is 5.32. The first kappa shape index (κ1) is 17.1. The van der Waals surface area contributed by atoms with Gasteiger partial charge in [-0.25, -0.2) is 5.43 Å². The van der Waals surface area contributed by atoms with Crippen LogP contribution in [0.5, 0.6) is 0 Å². The van der Waals surface area contributed by atoms with Crippen molar-refractivity contribution in [2.45, 2.75) is 13.8 Å². The molecule has 2 N–H and O–H groups in total. The van der Waals surface area contributed by atoms with Crippen molar-refractivity contribution in [1.82, 2.24) is 5.43 Å². The van der Waals surface area contributed by atoms with Crippen LogP contribution in [0.25, 0.3) is 6.08 Å². The number of carbonyl (C=O) groups is 2. The van der Waals surface area contributed by atoms with Gasteiger partial charge in [-0.1, -0.05) is 48.5 Å². The summed E-state index contributed by atoms with van der Waals surface area (Å²) in [7, 11) is 0. The number of rotatable bonds is 4. The number of anilines is 1. The molecule has 2 rings (SSSR count). The fourth-order valence-corrected chi connectivity index (χ4v) is 2.00. The quantitative estimate of drug-likeness (QED) is 0.516. The number of aryl methyl sites for hydroxylation is 1. The number of nitrogens with zero attached hydrogens (tertiary/aromatic N) is 1. The lowest BCUT2D eigenvalue weighted by Gasteiger charge is -2.04. The topological polar surface area (TPSA) is 70.6 Å². The number of carbonyl (C=O) groups excluding carboxylic acids is 2. The first-order chi connectivity index (χ1) is 11.5. The third kappa shape index (κ3) is 5.53. The lowest BCUT2D eigenvalue weighted by Crippen LogP contribution is -2.32. The summed E-state index contributed by atoms with van der Waals surface area (Å²) in [5.74, 6) is -1.58. The van der Waals surface area contributed by atoms with E-state index in [2.05, 4.69) is 15.8 Å². The summed E-state index contributed by atoms with van der Waals surface area (Å²) >= 11 is 0. The molecule has 0 bridgehead atoms. The van der Waals surface area contributed by atoms with E-state index in [1.54, 1.807) is 18.2 Å². The predicted octanol–water partition coefficient (Wildman–Crippen LogP) is 3.14. The van der Waals surface area contributed by atoms with Crippen LogP contribution in [0, 0.1) is 6.92 Å². The molecule has 0 spiro atoms. The Labute approximate surface area is 141 Å². The van der Waals surface area contributed by atoms with Gasteiger partial charge in [0.1, 0.15) is 0 Å². The summed E-state index contributed by atoms with van der Waals surface area (Å²) in [5.41, 5.74) is 5.65. The summed E-state index contributed by atoms with van der Waals surface area (Å²) in [6.07, 6.45) is 3.41. The monoisotopic (exact) mass is 321 g/mol. The van der Waals surface area contributed by atoms with Gasteiger partial charge in [0, 0.05) is 5.69 Å². The summed E-state index contributed by atoms with van der Waals surface area (Å²) in [6, 6.07) is 16.9. The molecule has 0 saturated carbocycles. The average molecular weight is 321 g/mol. The lowest BCUT2D eigenvalue weighted by atomic mass is 10.1. The van der Waals surface area contributed by atoms with Gasteiger partial charge < -0.3 is 5.32 Å². The van der Waals surface area contributed by atoms with E-state index < -0.39 is 11.8 Å². The van der Waals surface area contributed by atoms with Crippen LogP contribution in [-0.2, 0) is 9.59 Å². The van der Waals surface area contributed by atoms with Crippen LogP contribution < -0.4 is 10.7 Å². The van der Waals surface area contributed by atoms with Gasteiger partial charge in [0.05, 0.1) is 6.21 Å². The highest BCUT2D eigenvalue weighted by atomic mass is 16.2. The number of allylic oxidation sites excluding steroid dienone is 1. The van der Waals surface area contributed by atoms with E-state index in [1.807, 2.05) is 56.3 Å². The maximum atomic E-state index is 11.8. The Morgan fingerprint density at radius 1 is 1.00 bits per heavy atom. The zero-order valence-electron chi connectivity index (χ0n) is 13.6. The Hall–Kier alpha value is -3.21. The van der Waals surface area contributed by atoms with Gasteiger partial charge in [0.15, 0.2) is 0 Å². The van der Waals surface area contributed by atoms with Crippen LogP contribution in [0.3, 0.4) is 0 Å². The van der Waals surface area contributed by atoms with E-state index in [0.717, 1.165) is 16.7 Å². The van der Waals surface area contributed by atoms with E-state index >= 15 is 0 Å². The fourth-order valence-electron chi connectivity index (χ4n) is 2.00. The van der Waals surface area contributed by atoms with E-state index in [-0.39, 0.29) is 0 Å². The Morgan fingerprint density at radius 2 is 1.75 bits per heavy atom. The SMILES string of the molecule is CC(/C=N\NC(=O)C(=O)Nc1cccc(C)c1)=C/c1ccccc1. The zero-order chi connectivity index (χ0) is 17.4. The molecule has 0 aliphatic carbocycles. The minimum atomic E-state index is -0.819. The molecule has 0 saturated heterocycles. The predicted molar refractivity (Wildman–Crippen MR) is 96.5 cm³/mol. The van der Waals surface area contributed by atoms with Crippen LogP contribution >= 0.6 is 0 Å². The average Bonchev–Trinajstić information content (AvgIpc) is 2.55. The first-order valence-electron chi connectivity index (χ1n) is 7.49. The number of hydrogen-bond donors (Lipinski definition) is 2. The first-order valence-corrected chi connectivity index (χ1v) is 7.49. The molecule has 5 nitrogen and oxygen atoms in total. The number of hydrazone groups is 1.